The number of ketones is 1. The first-order chi connectivity index (χ1) is 24.1. The molecule has 1 N–H and O–H groups in total. The summed E-state index contributed by atoms with van der Waals surface area (Å²) in [6.07, 6.45) is -0.430. The summed E-state index contributed by atoms with van der Waals surface area (Å²) < 4.78 is 78.4. The fourth-order valence-corrected chi connectivity index (χ4v) is 8.46. The van der Waals surface area contributed by atoms with Crippen molar-refractivity contribution < 1.29 is 35.9 Å². The van der Waals surface area contributed by atoms with E-state index >= 15 is 0 Å². The van der Waals surface area contributed by atoms with Gasteiger partial charge >= 0.3 is 12.3 Å². The second-order valence-electron chi connectivity index (χ2n) is 14.3. The molecule has 3 aromatic heterocycles. The molecular formula is C35H38F3N7O5S. The van der Waals surface area contributed by atoms with Crippen LogP contribution in [0.5, 0.6) is 0 Å². The van der Waals surface area contributed by atoms with E-state index in [9.17, 15) is 31.2 Å². The van der Waals surface area contributed by atoms with Crippen molar-refractivity contribution in [1.29, 1.82) is 0 Å². The van der Waals surface area contributed by atoms with Gasteiger partial charge in [0, 0.05) is 67.4 Å². The van der Waals surface area contributed by atoms with Crippen LogP contribution in [0.25, 0.3) is 22.3 Å². The van der Waals surface area contributed by atoms with Gasteiger partial charge < -0.3 is 19.9 Å². The predicted molar refractivity (Wildman–Crippen MR) is 183 cm³/mol. The van der Waals surface area contributed by atoms with Crippen LogP contribution in [-0.2, 0) is 25.7 Å². The number of benzene rings is 1. The average molecular weight is 726 g/mol. The molecule has 0 spiro atoms. The number of likely N-dealkylation sites (tertiary alicyclic amines) is 1. The molecule has 270 valence electrons. The van der Waals surface area contributed by atoms with Gasteiger partial charge in [0.1, 0.15) is 22.8 Å². The molecule has 2 bridgehead atoms. The van der Waals surface area contributed by atoms with Crippen LogP contribution in [0.1, 0.15) is 58.4 Å². The van der Waals surface area contributed by atoms with Crippen LogP contribution in [0.15, 0.2) is 59.8 Å². The number of aromatic nitrogens is 4. The number of Topliss-reactive ketones (excluding diaryl/α,β-unsaturated/α-hetero) is 1. The molecule has 3 atom stereocenters. The van der Waals surface area contributed by atoms with Gasteiger partial charge in [0.2, 0.25) is 5.95 Å². The van der Waals surface area contributed by atoms with E-state index in [4.69, 9.17) is 9.72 Å². The maximum absolute atomic E-state index is 14.6. The lowest BCUT2D eigenvalue weighted by Crippen LogP contribution is -2.52. The number of nitrogens with one attached hydrogen (secondary N) is 1. The van der Waals surface area contributed by atoms with Crippen LogP contribution >= 0.6 is 0 Å². The van der Waals surface area contributed by atoms with E-state index in [0.29, 0.717) is 44.4 Å². The van der Waals surface area contributed by atoms with E-state index in [1.165, 1.54) is 17.0 Å². The van der Waals surface area contributed by atoms with E-state index in [2.05, 4.69) is 15.3 Å². The fourth-order valence-electron chi connectivity index (χ4n) is 7.12. The van der Waals surface area contributed by atoms with Crippen LogP contribution in [-0.4, -0.2) is 81.4 Å². The van der Waals surface area contributed by atoms with Crippen molar-refractivity contribution in [3.63, 3.8) is 0 Å². The Kier molecular flexibility index (Phi) is 8.71. The molecule has 2 unspecified atom stereocenters. The minimum Gasteiger partial charge on any atom is -0.444 e. The van der Waals surface area contributed by atoms with Gasteiger partial charge in [0.15, 0.2) is 5.65 Å². The molecule has 1 aliphatic carbocycles. The number of ether oxygens (including phenoxy) is 1. The van der Waals surface area contributed by atoms with Gasteiger partial charge in [-0.3, -0.25) is 4.79 Å². The third kappa shape index (κ3) is 6.85. The third-order valence-electron chi connectivity index (χ3n) is 9.55. The molecule has 1 aromatic carbocycles. The number of piperidine rings is 3. The standard InChI is InChI=1S/C35H38F3N7O5S/c1-34(2,3)50-33(47)43-15-7-8-22(19-43)40-32-39-17-27(35(36,37)38)30(42-32)26-20-45(51(48,49)24-9-5-4-6-10-24)31-25(26)13-14-29(41-31)44-18-21-11-12-23(44)16-28(21)46/h4-6,9-10,13-14,17,20-23H,7-8,11-12,15-16,18-19H2,1-3H3,(H,39,40,42)/t21?,22-,23?/m0/s1. The molecule has 6 heterocycles. The van der Waals surface area contributed by atoms with Crippen molar-refractivity contribution in [3.8, 4) is 11.3 Å². The molecule has 3 aliphatic heterocycles. The van der Waals surface area contributed by atoms with Gasteiger partial charge in [-0.2, -0.15) is 13.2 Å². The Labute approximate surface area is 293 Å². The zero-order valence-corrected chi connectivity index (χ0v) is 29.2. The van der Waals surface area contributed by atoms with Crippen molar-refractivity contribution in [1.82, 2.24) is 23.8 Å². The summed E-state index contributed by atoms with van der Waals surface area (Å²) in [4.78, 5) is 41.7. The molecule has 4 fully saturated rings. The van der Waals surface area contributed by atoms with Crippen molar-refractivity contribution in [2.75, 3.05) is 29.9 Å². The second kappa shape index (κ2) is 12.8. The summed E-state index contributed by atoms with van der Waals surface area (Å²) in [5, 5.41) is 3.22. The van der Waals surface area contributed by atoms with Crippen LogP contribution in [0, 0.1) is 5.92 Å². The number of halogens is 3. The first-order valence-electron chi connectivity index (χ1n) is 16.9. The normalized spacial score (nSPS) is 21.3. The van der Waals surface area contributed by atoms with Crippen molar-refractivity contribution >= 4 is 44.7 Å². The van der Waals surface area contributed by atoms with E-state index in [1.807, 2.05) is 4.90 Å². The molecule has 4 aromatic rings. The Morgan fingerprint density at radius 3 is 2.43 bits per heavy atom. The number of alkyl halides is 3. The third-order valence-corrected chi connectivity index (χ3v) is 11.2. The minimum atomic E-state index is -4.88. The number of carbonyl (C=O) groups is 2. The Bertz CT molecular complexity index is 2100. The Morgan fingerprint density at radius 1 is 1.00 bits per heavy atom. The Morgan fingerprint density at radius 2 is 1.76 bits per heavy atom. The van der Waals surface area contributed by atoms with Gasteiger partial charge in [-0.05, 0) is 70.7 Å². The molecule has 12 nitrogen and oxygen atoms in total. The highest BCUT2D eigenvalue weighted by Gasteiger charge is 2.41. The van der Waals surface area contributed by atoms with E-state index in [-0.39, 0.29) is 57.8 Å². The molecule has 4 aliphatic rings. The fraction of sp³-hybridized carbons (Fsp3) is 0.457. The lowest BCUT2D eigenvalue weighted by atomic mass is 9.79. The van der Waals surface area contributed by atoms with Crippen molar-refractivity contribution in [2.45, 2.75) is 81.6 Å². The number of hydrogen-bond acceptors (Lipinski definition) is 10. The van der Waals surface area contributed by atoms with Gasteiger partial charge in [-0.1, -0.05) is 18.2 Å². The van der Waals surface area contributed by atoms with Gasteiger partial charge in [-0.15, -0.1) is 0 Å². The highest BCUT2D eigenvalue weighted by atomic mass is 32.2. The van der Waals surface area contributed by atoms with Crippen LogP contribution in [0.2, 0.25) is 0 Å². The number of nitrogens with zero attached hydrogens (tertiary/aromatic N) is 6. The summed E-state index contributed by atoms with van der Waals surface area (Å²) in [6, 6.07) is 10.3. The van der Waals surface area contributed by atoms with Crippen molar-refractivity contribution in [3.05, 3.63) is 60.4 Å². The number of hydrogen-bond donors (Lipinski definition) is 1. The molecule has 1 amide bonds. The maximum Gasteiger partial charge on any atom is 0.419 e. The molecule has 1 saturated carbocycles. The smallest absolute Gasteiger partial charge is 0.419 e. The summed E-state index contributed by atoms with van der Waals surface area (Å²) >= 11 is 0. The summed E-state index contributed by atoms with van der Waals surface area (Å²) in [5.41, 5.74) is -2.54. The lowest BCUT2D eigenvalue weighted by molar-refractivity contribution is -0.137. The maximum atomic E-state index is 14.6. The first kappa shape index (κ1) is 34.7. The molecular weight excluding hydrogens is 687 g/mol. The molecule has 8 rings (SSSR count). The van der Waals surface area contributed by atoms with Crippen molar-refractivity contribution in [2.24, 2.45) is 5.92 Å². The Balaban J connectivity index is 1.31. The predicted octanol–water partition coefficient (Wildman–Crippen LogP) is 6.12. The zero-order valence-electron chi connectivity index (χ0n) is 28.4. The van der Waals surface area contributed by atoms with Gasteiger partial charge in [-0.25, -0.2) is 32.1 Å². The second-order valence-corrected chi connectivity index (χ2v) is 16.1. The highest BCUT2D eigenvalue weighted by molar-refractivity contribution is 7.90. The lowest BCUT2D eigenvalue weighted by Gasteiger charge is -2.44. The summed E-state index contributed by atoms with van der Waals surface area (Å²) in [7, 11) is -4.34. The van der Waals surface area contributed by atoms with E-state index < -0.39 is 39.2 Å². The highest BCUT2D eigenvalue weighted by Crippen LogP contribution is 2.42. The van der Waals surface area contributed by atoms with Gasteiger partial charge in [0.05, 0.1) is 10.6 Å². The molecule has 3 saturated heterocycles. The Hall–Kier alpha value is -4.73. The average Bonchev–Trinajstić information content (AvgIpc) is 3.47. The molecule has 51 heavy (non-hydrogen) atoms. The SMILES string of the molecule is CC(C)(C)OC(=O)N1CCC[C@H](Nc2ncc(C(F)(F)F)c(-c3cn(S(=O)(=O)c4ccccc4)c4nc(N5CC6CCC5CC6=O)ccc34)n2)C1. The summed E-state index contributed by atoms with van der Waals surface area (Å²) in [5.74, 6) is 0.371. The number of amides is 1. The zero-order chi connectivity index (χ0) is 36.3. The number of pyridine rings is 1. The molecule has 16 heteroatoms. The number of fused-ring (bicyclic) bond motifs is 4. The number of rotatable bonds is 6. The monoisotopic (exact) mass is 725 g/mol. The minimum absolute atomic E-state index is 0.0688. The van der Waals surface area contributed by atoms with Crippen LogP contribution in [0.3, 0.4) is 0 Å². The van der Waals surface area contributed by atoms with Crippen LogP contribution < -0.4 is 10.2 Å². The largest absolute Gasteiger partial charge is 0.444 e. The van der Waals surface area contributed by atoms with Crippen LogP contribution in [0.4, 0.5) is 29.7 Å². The topological polar surface area (TPSA) is 140 Å². The number of carbonyl (C=O) groups excluding carboxylic acids is 2. The first-order valence-corrected chi connectivity index (χ1v) is 18.3. The number of anilines is 2. The van der Waals surface area contributed by atoms with E-state index in [0.717, 1.165) is 23.0 Å². The van der Waals surface area contributed by atoms with E-state index in [1.54, 1.807) is 51.1 Å². The molecule has 0 radical (unpaired) electrons. The quantitative estimate of drug-likeness (QED) is 0.247. The van der Waals surface area contributed by atoms with Gasteiger partial charge in [0.25, 0.3) is 10.0 Å². The summed E-state index contributed by atoms with van der Waals surface area (Å²) in [6.45, 7) is 6.42.